The summed E-state index contributed by atoms with van der Waals surface area (Å²) in [4.78, 5) is 26.6. The first kappa shape index (κ1) is 77.9. The average molecular weight is 1170 g/mol. The molecule has 0 aromatic heterocycles. The zero-order valence-corrected chi connectivity index (χ0v) is 53.3. The van der Waals surface area contributed by atoms with Crippen LogP contribution in [0.4, 0.5) is 0 Å². The Kier molecular flexibility index (Phi) is 55.5. The SMILES string of the molecule is CCCCC/C=C\C/C=C\C/C=C\C/C=C\CCCCC(O)C(=O)NC(COC1OC(CO)C(O)C(O)C1OC(=O)CCCCCCCCCCCCCCC/C=C\C/C=C\CCCCC)C(O)/C=C/CCCCCCCCCCCCC. The van der Waals surface area contributed by atoms with Crippen molar-refractivity contribution in [2.75, 3.05) is 13.2 Å². The van der Waals surface area contributed by atoms with Crippen molar-refractivity contribution in [3.05, 3.63) is 85.1 Å². The van der Waals surface area contributed by atoms with Crippen LogP contribution in [0, 0.1) is 0 Å². The van der Waals surface area contributed by atoms with E-state index in [4.69, 9.17) is 14.2 Å². The van der Waals surface area contributed by atoms with E-state index in [0.29, 0.717) is 12.8 Å². The molecule has 1 saturated heterocycles. The Morgan fingerprint density at radius 1 is 0.470 bits per heavy atom. The molecule has 83 heavy (non-hydrogen) atoms. The number of hydrogen-bond acceptors (Lipinski definition) is 10. The molecule has 0 aromatic carbocycles. The first-order valence-corrected chi connectivity index (χ1v) is 34.4. The summed E-state index contributed by atoms with van der Waals surface area (Å²) in [5.41, 5.74) is 0. The van der Waals surface area contributed by atoms with E-state index in [1.807, 2.05) is 6.08 Å². The standard InChI is InChI=1S/C72H127NO10/c1-4-7-10-13-16-19-22-25-27-29-31-32-33-34-35-37-39-42-45-48-51-54-57-60-67(77)83-70-69(79)68(78)66(61-74)82-72(70)81-62-63(64(75)58-55-52-49-46-43-40-24-21-18-15-12-9-6-3)73-71(80)65(76)59-56-53-50-47-44-41-38-36-30-28-26-23-20-17-14-11-8-5-2/h16-17,19-20,25-28,36,38,44,47,55,58,63-66,68-70,72,74-76,78-79H,4-15,18,21-24,29-35,37,39-43,45-46,48-54,56-57,59-62H2,1-3H3,(H,73,80)/b19-16-,20-17-,27-25-,28-26-,38-36-,47-44-,58-55+. The highest BCUT2D eigenvalue weighted by atomic mass is 16.7. The number of aliphatic hydroxyl groups is 5. The van der Waals surface area contributed by atoms with Crippen LogP contribution in [0.5, 0.6) is 0 Å². The topological polar surface area (TPSA) is 175 Å². The summed E-state index contributed by atoms with van der Waals surface area (Å²) in [7, 11) is 0. The molecule has 6 N–H and O–H groups in total. The van der Waals surface area contributed by atoms with Crippen molar-refractivity contribution < 1.29 is 49.3 Å². The van der Waals surface area contributed by atoms with Crippen molar-refractivity contribution in [2.45, 2.75) is 346 Å². The lowest BCUT2D eigenvalue weighted by Gasteiger charge is -2.41. The quantitative estimate of drug-likeness (QED) is 0.0195. The third kappa shape index (κ3) is 46.7. The molecule has 0 aromatic rings. The number of hydrogen-bond donors (Lipinski definition) is 6. The van der Waals surface area contributed by atoms with Gasteiger partial charge in [-0.15, -0.1) is 0 Å². The lowest BCUT2D eigenvalue weighted by Crippen LogP contribution is -2.61. The maximum atomic E-state index is 13.5. The molecule has 1 aliphatic rings. The highest BCUT2D eigenvalue weighted by molar-refractivity contribution is 5.80. The van der Waals surface area contributed by atoms with Crippen molar-refractivity contribution in [2.24, 2.45) is 0 Å². The molecule has 1 rings (SSSR count). The van der Waals surface area contributed by atoms with Crippen LogP contribution in [0.3, 0.4) is 0 Å². The predicted octanol–water partition coefficient (Wildman–Crippen LogP) is 17.3. The average Bonchev–Trinajstić information content (AvgIpc) is 3.54. The van der Waals surface area contributed by atoms with Crippen molar-refractivity contribution in [1.82, 2.24) is 5.32 Å². The summed E-state index contributed by atoms with van der Waals surface area (Å²) in [5.74, 6) is -1.22. The maximum Gasteiger partial charge on any atom is 0.306 e. The Labute approximate surface area is 508 Å². The van der Waals surface area contributed by atoms with Gasteiger partial charge in [0, 0.05) is 6.42 Å². The number of allylic oxidation sites excluding steroid dienone is 13. The molecule has 1 amide bonds. The van der Waals surface area contributed by atoms with Crippen LogP contribution in [0.2, 0.25) is 0 Å². The van der Waals surface area contributed by atoms with Gasteiger partial charge in [0.05, 0.1) is 25.4 Å². The Hall–Kier alpha value is -3.16. The van der Waals surface area contributed by atoms with Gasteiger partial charge in [-0.1, -0.05) is 273 Å². The van der Waals surface area contributed by atoms with Crippen molar-refractivity contribution >= 4 is 11.9 Å². The fraction of sp³-hybridized carbons (Fsp3) is 0.778. The summed E-state index contributed by atoms with van der Waals surface area (Å²) in [6.45, 7) is 5.74. The van der Waals surface area contributed by atoms with Crippen molar-refractivity contribution in [1.29, 1.82) is 0 Å². The Morgan fingerprint density at radius 2 is 0.831 bits per heavy atom. The lowest BCUT2D eigenvalue weighted by atomic mass is 9.99. The van der Waals surface area contributed by atoms with Gasteiger partial charge in [0.15, 0.2) is 12.4 Å². The molecule has 0 saturated carbocycles. The molecule has 0 spiro atoms. The molecule has 8 atom stereocenters. The van der Waals surface area contributed by atoms with E-state index < -0.39 is 67.4 Å². The largest absolute Gasteiger partial charge is 0.454 e. The van der Waals surface area contributed by atoms with Gasteiger partial charge in [0.1, 0.15) is 24.4 Å². The van der Waals surface area contributed by atoms with E-state index in [2.05, 4.69) is 99.0 Å². The van der Waals surface area contributed by atoms with Gasteiger partial charge >= 0.3 is 5.97 Å². The number of esters is 1. The number of aliphatic hydroxyl groups excluding tert-OH is 5. The fourth-order valence-electron chi connectivity index (χ4n) is 10.3. The minimum atomic E-state index is -1.62. The van der Waals surface area contributed by atoms with Crippen LogP contribution >= 0.6 is 0 Å². The summed E-state index contributed by atoms with van der Waals surface area (Å²) < 4.78 is 17.7. The highest BCUT2D eigenvalue weighted by Crippen LogP contribution is 2.26. The number of unbranched alkanes of at least 4 members (excludes halogenated alkanes) is 32. The normalized spacial score (nSPS) is 19.1. The van der Waals surface area contributed by atoms with Crippen LogP contribution in [0.15, 0.2) is 85.1 Å². The third-order valence-electron chi connectivity index (χ3n) is 15.8. The highest BCUT2D eigenvalue weighted by Gasteiger charge is 2.47. The Morgan fingerprint density at radius 3 is 1.27 bits per heavy atom. The number of ether oxygens (including phenoxy) is 3. The molecule has 1 aliphatic heterocycles. The zero-order valence-electron chi connectivity index (χ0n) is 53.3. The van der Waals surface area contributed by atoms with Gasteiger partial charge in [-0.3, -0.25) is 9.59 Å². The number of carbonyl (C=O) groups is 2. The van der Waals surface area contributed by atoms with Crippen LogP contribution in [0.1, 0.15) is 297 Å². The second-order valence-corrected chi connectivity index (χ2v) is 23.6. The second-order valence-electron chi connectivity index (χ2n) is 23.6. The molecule has 11 nitrogen and oxygen atoms in total. The zero-order chi connectivity index (χ0) is 60.3. The first-order valence-electron chi connectivity index (χ1n) is 34.4. The summed E-state index contributed by atoms with van der Waals surface area (Å²) in [6.07, 6.45) is 67.6. The summed E-state index contributed by atoms with van der Waals surface area (Å²) in [5, 5.41) is 57.1. The second kappa shape index (κ2) is 59.2. The molecule has 0 radical (unpaired) electrons. The van der Waals surface area contributed by atoms with Gasteiger partial charge in [0.2, 0.25) is 5.91 Å². The lowest BCUT2D eigenvalue weighted by molar-refractivity contribution is -0.305. The van der Waals surface area contributed by atoms with Gasteiger partial charge in [-0.2, -0.15) is 0 Å². The first-order chi connectivity index (χ1) is 40.7. The van der Waals surface area contributed by atoms with Gasteiger partial charge < -0.3 is 45.1 Å². The predicted molar refractivity (Wildman–Crippen MR) is 347 cm³/mol. The monoisotopic (exact) mass is 1170 g/mol. The van der Waals surface area contributed by atoms with Gasteiger partial charge in [-0.05, 0) is 103 Å². The Bertz CT molecular complexity index is 1670. The van der Waals surface area contributed by atoms with Crippen LogP contribution in [0.25, 0.3) is 0 Å². The van der Waals surface area contributed by atoms with E-state index in [1.54, 1.807) is 6.08 Å². The maximum absolute atomic E-state index is 13.5. The van der Waals surface area contributed by atoms with E-state index in [0.717, 1.165) is 83.5 Å². The number of amides is 1. The number of nitrogens with one attached hydrogen (secondary N) is 1. The minimum absolute atomic E-state index is 0.116. The molecule has 8 unspecified atom stereocenters. The van der Waals surface area contributed by atoms with E-state index >= 15 is 0 Å². The van der Waals surface area contributed by atoms with Crippen LogP contribution in [-0.4, -0.2) is 99.6 Å². The third-order valence-corrected chi connectivity index (χ3v) is 15.8. The molecular formula is C72H127NO10. The van der Waals surface area contributed by atoms with Gasteiger partial charge in [-0.25, -0.2) is 0 Å². The summed E-state index contributed by atoms with van der Waals surface area (Å²) >= 11 is 0. The van der Waals surface area contributed by atoms with Crippen LogP contribution in [-0.2, 0) is 23.8 Å². The molecule has 11 heteroatoms. The molecular weight excluding hydrogens is 1040 g/mol. The molecule has 1 heterocycles. The van der Waals surface area contributed by atoms with Crippen LogP contribution < -0.4 is 5.32 Å². The van der Waals surface area contributed by atoms with E-state index in [9.17, 15) is 35.1 Å². The fourth-order valence-corrected chi connectivity index (χ4v) is 10.3. The van der Waals surface area contributed by atoms with Gasteiger partial charge in [0.25, 0.3) is 0 Å². The number of rotatable bonds is 58. The Balaban J connectivity index is 2.64. The molecule has 0 bridgehead atoms. The molecule has 1 fully saturated rings. The minimum Gasteiger partial charge on any atom is -0.454 e. The molecule has 480 valence electrons. The summed E-state index contributed by atoms with van der Waals surface area (Å²) in [6, 6.07) is -1.05. The number of carbonyl (C=O) groups excluding carboxylic acids is 2. The van der Waals surface area contributed by atoms with Crippen molar-refractivity contribution in [3.63, 3.8) is 0 Å². The van der Waals surface area contributed by atoms with E-state index in [1.165, 1.54) is 167 Å². The molecule has 0 aliphatic carbocycles. The van der Waals surface area contributed by atoms with E-state index in [-0.39, 0.29) is 19.4 Å². The van der Waals surface area contributed by atoms with Crippen molar-refractivity contribution in [3.8, 4) is 0 Å². The smallest absolute Gasteiger partial charge is 0.306 e.